The van der Waals surface area contributed by atoms with Gasteiger partial charge < -0.3 is 10.6 Å². The van der Waals surface area contributed by atoms with Crippen molar-refractivity contribution in [2.75, 3.05) is 0 Å². The number of nitrogens with one attached hydrogen (secondary N) is 2. The molecule has 1 heterocycles. The molecule has 24 heavy (non-hydrogen) atoms. The maximum atomic E-state index is 13.5. The second-order valence-electron chi connectivity index (χ2n) is 6.99. The third-order valence-electron chi connectivity index (χ3n) is 3.63. The molecule has 0 saturated carbocycles. The summed E-state index contributed by atoms with van der Waals surface area (Å²) in [5.41, 5.74) is 0.474. The van der Waals surface area contributed by atoms with Crippen LogP contribution in [0.2, 0.25) is 0 Å². The van der Waals surface area contributed by atoms with Gasteiger partial charge in [0.15, 0.2) is 0 Å². The molecule has 0 bridgehead atoms. The first kappa shape index (κ1) is 17.9. The first-order valence-electron chi connectivity index (χ1n) is 7.90. The number of carbonyl (C=O) groups excluding carboxylic acids is 1. The average molecular weight is 333 g/mol. The van der Waals surface area contributed by atoms with Gasteiger partial charge in [0.2, 0.25) is 0 Å². The third kappa shape index (κ3) is 5.04. The van der Waals surface area contributed by atoms with Crippen molar-refractivity contribution >= 4 is 6.03 Å². The molecule has 2 rings (SSSR count). The molecule has 2 atom stereocenters. The highest BCUT2D eigenvalue weighted by Crippen LogP contribution is 2.32. The van der Waals surface area contributed by atoms with E-state index in [1.807, 2.05) is 33.8 Å². The van der Waals surface area contributed by atoms with Crippen molar-refractivity contribution in [2.24, 2.45) is 5.41 Å². The Kier molecular flexibility index (Phi) is 5.54. The lowest BCUT2D eigenvalue weighted by Gasteiger charge is -2.32. The number of amides is 2. The van der Waals surface area contributed by atoms with Crippen molar-refractivity contribution < 1.29 is 9.18 Å². The van der Waals surface area contributed by atoms with Crippen LogP contribution < -0.4 is 10.6 Å². The second kappa shape index (κ2) is 7.42. The fraction of sp³-hybridized carbons (Fsp3) is 0.471. The van der Waals surface area contributed by atoms with E-state index in [4.69, 9.17) is 0 Å². The lowest BCUT2D eigenvalue weighted by Crippen LogP contribution is -2.46. The Labute approximate surface area is 141 Å². The lowest BCUT2D eigenvalue weighted by atomic mass is 9.82. The largest absolute Gasteiger partial charge is 0.334 e. The molecule has 2 aromatic rings. The van der Waals surface area contributed by atoms with Gasteiger partial charge >= 0.3 is 6.03 Å². The molecule has 0 saturated heterocycles. The highest BCUT2D eigenvalue weighted by atomic mass is 19.1. The summed E-state index contributed by atoms with van der Waals surface area (Å²) < 4.78 is 15.2. The van der Waals surface area contributed by atoms with Gasteiger partial charge in [0.05, 0.1) is 12.6 Å². The van der Waals surface area contributed by atoms with Crippen molar-refractivity contribution in [1.82, 2.24) is 25.4 Å². The summed E-state index contributed by atoms with van der Waals surface area (Å²) >= 11 is 0. The van der Waals surface area contributed by atoms with Crippen LogP contribution in [0, 0.1) is 11.2 Å². The van der Waals surface area contributed by atoms with Crippen LogP contribution >= 0.6 is 0 Å². The van der Waals surface area contributed by atoms with Crippen LogP contribution in [0.25, 0.3) is 0 Å². The van der Waals surface area contributed by atoms with Crippen molar-refractivity contribution in [2.45, 2.75) is 46.3 Å². The van der Waals surface area contributed by atoms with E-state index in [1.54, 1.807) is 17.1 Å². The van der Waals surface area contributed by atoms with Crippen LogP contribution in [-0.2, 0) is 6.54 Å². The van der Waals surface area contributed by atoms with E-state index in [0.29, 0.717) is 6.54 Å². The van der Waals surface area contributed by atoms with Gasteiger partial charge in [-0.2, -0.15) is 5.10 Å². The van der Waals surface area contributed by atoms with E-state index in [-0.39, 0.29) is 29.3 Å². The zero-order chi connectivity index (χ0) is 17.7. The fourth-order valence-electron chi connectivity index (χ4n) is 2.54. The van der Waals surface area contributed by atoms with E-state index in [0.717, 1.165) is 5.56 Å². The standard InChI is InChI=1S/C17H24FN5O/c1-12(9-23-11-19-10-20-23)21-16(24)22-15(17(2,3)4)13-6-5-7-14(18)8-13/h5-8,10-12,15H,9H2,1-4H3,(H2,21,22,24)/t12-,15+/m0/s1. The number of aromatic nitrogens is 3. The molecule has 1 aromatic heterocycles. The zero-order valence-electron chi connectivity index (χ0n) is 14.5. The minimum Gasteiger partial charge on any atom is -0.334 e. The number of benzene rings is 1. The van der Waals surface area contributed by atoms with Gasteiger partial charge in [0.1, 0.15) is 18.5 Å². The predicted molar refractivity (Wildman–Crippen MR) is 89.7 cm³/mol. The fourth-order valence-corrected chi connectivity index (χ4v) is 2.54. The second-order valence-corrected chi connectivity index (χ2v) is 6.99. The molecule has 130 valence electrons. The van der Waals surface area contributed by atoms with Crippen LogP contribution in [0.1, 0.15) is 39.3 Å². The normalized spacial score (nSPS) is 14.0. The van der Waals surface area contributed by atoms with E-state index in [2.05, 4.69) is 20.7 Å². The molecular formula is C17H24FN5O. The first-order chi connectivity index (χ1) is 11.3. The van der Waals surface area contributed by atoms with Crippen molar-refractivity contribution in [3.05, 3.63) is 48.3 Å². The number of hydrogen-bond donors (Lipinski definition) is 2. The number of halogens is 1. The first-order valence-corrected chi connectivity index (χ1v) is 7.90. The summed E-state index contributed by atoms with van der Waals surface area (Å²) in [4.78, 5) is 16.2. The molecule has 2 N–H and O–H groups in total. The SMILES string of the molecule is C[C@@H](Cn1cncn1)NC(=O)N[C@H](c1cccc(F)c1)C(C)(C)C. The van der Waals surface area contributed by atoms with Crippen LogP contribution in [-0.4, -0.2) is 26.8 Å². The number of hydrogen-bond acceptors (Lipinski definition) is 3. The Morgan fingerprint density at radius 2 is 2.08 bits per heavy atom. The highest BCUT2D eigenvalue weighted by Gasteiger charge is 2.28. The van der Waals surface area contributed by atoms with E-state index >= 15 is 0 Å². The summed E-state index contributed by atoms with van der Waals surface area (Å²) in [6.07, 6.45) is 3.05. The summed E-state index contributed by atoms with van der Waals surface area (Å²) in [7, 11) is 0. The third-order valence-corrected chi connectivity index (χ3v) is 3.63. The van der Waals surface area contributed by atoms with Crippen LogP contribution in [0.4, 0.5) is 9.18 Å². The molecule has 1 aromatic carbocycles. The predicted octanol–water partition coefficient (Wildman–Crippen LogP) is 2.89. The van der Waals surface area contributed by atoms with Crippen LogP contribution in [0.5, 0.6) is 0 Å². The number of nitrogens with zero attached hydrogens (tertiary/aromatic N) is 3. The van der Waals surface area contributed by atoms with Gasteiger partial charge in [-0.25, -0.2) is 14.2 Å². The van der Waals surface area contributed by atoms with Gasteiger partial charge in [-0.1, -0.05) is 32.9 Å². The minimum absolute atomic E-state index is 0.125. The average Bonchev–Trinajstić information content (AvgIpc) is 2.96. The smallest absolute Gasteiger partial charge is 0.315 e. The maximum Gasteiger partial charge on any atom is 0.315 e. The molecule has 0 radical (unpaired) electrons. The molecule has 6 nitrogen and oxygen atoms in total. The molecule has 2 amide bonds. The van der Waals surface area contributed by atoms with Crippen LogP contribution in [0.15, 0.2) is 36.9 Å². The van der Waals surface area contributed by atoms with Crippen molar-refractivity contribution in [1.29, 1.82) is 0 Å². The Morgan fingerprint density at radius 1 is 1.33 bits per heavy atom. The molecule has 7 heteroatoms. The van der Waals surface area contributed by atoms with E-state index in [9.17, 15) is 9.18 Å². The summed E-state index contributed by atoms with van der Waals surface area (Å²) in [5.74, 6) is -0.316. The van der Waals surface area contributed by atoms with Crippen LogP contribution in [0.3, 0.4) is 0 Å². The van der Waals surface area contributed by atoms with Gasteiger partial charge in [0.25, 0.3) is 0 Å². The molecule has 0 aliphatic heterocycles. The van der Waals surface area contributed by atoms with Gasteiger partial charge in [-0.15, -0.1) is 0 Å². The molecule has 0 spiro atoms. The van der Waals surface area contributed by atoms with Gasteiger partial charge in [-0.3, -0.25) is 4.68 Å². The van der Waals surface area contributed by atoms with E-state index in [1.165, 1.54) is 18.5 Å². The summed E-state index contributed by atoms with van der Waals surface area (Å²) in [5, 5.41) is 9.83. The number of rotatable bonds is 5. The zero-order valence-corrected chi connectivity index (χ0v) is 14.5. The van der Waals surface area contributed by atoms with Crippen molar-refractivity contribution in [3.8, 4) is 0 Å². The Balaban J connectivity index is 2.02. The van der Waals surface area contributed by atoms with Crippen molar-refractivity contribution in [3.63, 3.8) is 0 Å². The maximum absolute atomic E-state index is 13.5. The Bertz CT molecular complexity index is 666. The number of carbonyl (C=O) groups is 1. The van der Waals surface area contributed by atoms with E-state index < -0.39 is 0 Å². The molecule has 0 aliphatic carbocycles. The Morgan fingerprint density at radius 3 is 2.67 bits per heavy atom. The monoisotopic (exact) mass is 333 g/mol. The molecule has 0 fully saturated rings. The molecule has 0 aliphatic rings. The lowest BCUT2D eigenvalue weighted by molar-refractivity contribution is 0.214. The van der Waals surface area contributed by atoms with Gasteiger partial charge in [0, 0.05) is 6.04 Å². The quantitative estimate of drug-likeness (QED) is 0.884. The summed E-state index contributed by atoms with van der Waals surface area (Å²) in [6, 6.07) is 5.57. The Hall–Kier alpha value is -2.44. The topological polar surface area (TPSA) is 71.8 Å². The molecule has 0 unspecified atom stereocenters. The highest BCUT2D eigenvalue weighted by molar-refractivity contribution is 5.74. The summed E-state index contributed by atoms with van der Waals surface area (Å²) in [6.45, 7) is 8.41. The van der Waals surface area contributed by atoms with Gasteiger partial charge in [-0.05, 0) is 30.0 Å². The molecular weight excluding hydrogens is 309 g/mol. The number of urea groups is 1. The minimum atomic E-state index is -0.316.